The minimum absolute atomic E-state index is 0. The summed E-state index contributed by atoms with van der Waals surface area (Å²) in [6.07, 6.45) is 0.477. The van der Waals surface area contributed by atoms with Gasteiger partial charge in [0.05, 0.1) is 6.04 Å². The summed E-state index contributed by atoms with van der Waals surface area (Å²) in [5.41, 5.74) is 14.1. The first kappa shape index (κ1) is 15.2. The summed E-state index contributed by atoms with van der Waals surface area (Å²) < 4.78 is 0. The van der Waals surface area contributed by atoms with Gasteiger partial charge in [-0.25, -0.2) is 0 Å². The molecule has 3 nitrogen and oxygen atoms in total. The predicted molar refractivity (Wildman–Crippen MR) is 80.0 cm³/mol. The third-order valence-corrected chi connectivity index (χ3v) is 2.88. The van der Waals surface area contributed by atoms with Gasteiger partial charge in [0.25, 0.3) is 0 Å². The molecule has 2 aromatic carbocycles. The van der Waals surface area contributed by atoms with Crippen molar-refractivity contribution in [3.05, 3.63) is 60.2 Å². The molecular formula is C15H17ClN2O. The third-order valence-electron chi connectivity index (χ3n) is 2.88. The van der Waals surface area contributed by atoms with Crippen LogP contribution in [-0.2, 0) is 11.2 Å². The molecule has 2 aromatic rings. The Morgan fingerprint density at radius 2 is 1.47 bits per heavy atom. The summed E-state index contributed by atoms with van der Waals surface area (Å²) in [5, 5.41) is 0. The third kappa shape index (κ3) is 4.09. The highest BCUT2D eigenvalue weighted by molar-refractivity contribution is 5.85. The molecule has 0 aliphatic carbocycles. The van der Waals surface area contributed by atoms with Gasteiger partial charge in [-0.15, -0.1) is 12.4 Å². The molecule has 0 aliphatic heterocycles. The average molecular weight is 277 g/mol. The van der Waals surface area contributed by atoms with Gasteiger partial charge in [0.15, 0.2) is 0 Å². The maximum Gasteiger partial charge on any atom is 0.234 e. The SMILES string of the molecule is Cl.NC(=O)C(N)Cc1ccc(-c2ccccc2)cc1. The van der Waals surface area contributed by atoms with Crippen molar-refractivity contribution < 1.29 is 4.79 Å². The maximum absolute atomic E-state index is 10.9. The van der Waals surface area contributed by atoms with Gasteiger partial charge in [0.1, 0.15) is 0 Å². The largest absolute Gasteiger partial charge is 0.368 e. The topological polar surface area (TPSA) is 69.1 Å². The summed E-state index contributed by atoms with van der Waals surface area (Å²) in [4.78, 5) is 10.9. The van der Waals surface area contributed by atoms with E-state index in [1.165, 1.54) is 5.56 Å². The molecule has 4 N–H and O–H groups in total. The highest BCUT2D eigenvalue weighted by Crippen LogP contribution is 2.19. The molecule has 1 amide bonds. The number of carbonyl (C=O) groups excluding carboxylic acids is 1. The molecule has 0 saturated heterocycles. The normalized spacial score (nSPS) is 11.4. The van der Waals surface area contributed by atoms with Crippen molar-refractivity contribution in [3.8, 4) is 11.1 Å². The molecule has 0 bridgehead atoms. The Bertz CT molecular complexity index is 526. The second-order valence-corrected chi connectivity index (χ2v) is 4.28. The molecule has 0 aromatic heterocycles. The number of rotatable bonds is 4. The van der Waals surface area contributed by atoms with E-state index in [1.807, 2.05) is 42.5 Å². The lowest BCUT2D eigenvalue weighted by Crippen LogP contribution is -2.38. The minimum atomic E-state index is -0.618. The summed E-state index contributed by atoms with van der Waals surface area (Å²) in [5.74, 6) is -0.470. The summed E-state index contributed by atoms with van der Waals surface area (Å²) in [6, 6.07) is 17.5. The first-order valence-corrected chi connectivity index (χ1v) is 5.86. The number of carbonyl (C=O) groups is 1. The van der Waals surface area contributed by atoms with Gasteiger partial charge in [0, 0.05) is 0 Å². The maximum atomic E-state index is 10.9. The quantitative estimate of drug-likeness (QED) is 0.898. The van der Waals surface area contributed by atoms with Crippen LogP contribution in [0.15, 0.2) is 54.6 Å². The van der Waals surface area contributed by atoms with Crippen molar-refractivity contribution in [2.24, 2.45) is 11.5 Å². The zero-order chi connectivity index (χ0) is 13.0. The lowest BCUT2D eigenvalue weighted by molar-refractivity contribution is -0.119. The Morgan fingerprint density at radius 1 is 0.947 bits per heavy atom. The van der Waals surface area contributed by atoms with Crippen LogP contribution >= 0.6 is 12.4 Å². The van der Waals surface area contributed by atoms with Crippen LogP contribution in [0.5, 0.6) is 0 Å². The van der Waals surface area contributed by atoms with Crippen molar-refractivity contribution >= 4 is 18.3 Å². The van der Waals surface area contributed by atoms with E-state index in [0.29, 0.717) is 6.42 Å². The smallest absolute Gasteiger partial charge is 0.234 e. The van der Waals surface area contributed by atoms with Crippen LogP contribution in [0.25, 0.3) is 11.1 Å². The Kier molecular flexibility index (Phi) is 5.55. The molecule has 0 saturated carbocycles. The van der Waals surface area contributed by atoms with Crippen molar-refractivity contribution in [2.45, 2.75) is 12.5 Å². The molecule has 0 heterocycles. The van der Waals surface area contributed by atoms with Gasteiger partial charge in [-0.1, -0.05) is 54.6 Å². The van der Waals surface area contributed by atoms with Crippen molar-refractivity contribution in [1.29, 1.82) is 0 Å². The lowest BCUT2D eigenvalue weighted by atomic mass is 10.0. The van der Waals surface area contributed by atoms with E-state index in [2.05, 4.69) is 12.1 Å². The molecule has 1 atom stereocenters. The van der Waals surface area contributed by atoms with E-state index in [0.717, 1.165) is 11.1 Å². The molecule has 0 spiro atoms. The minimum Gasteiger partial charge on any atom is -0.368 e. The second kappa shape index (κ2) is 6.92. The molecule has 0 radical (unpaired) electrons. The van der Waals surface area contributed by atoms with Gasteiger partial charge >= 0.3 is 0 Å². The molecule has 1 unspecified atom stereocenters. The number of hydrogen-bond donors (Lipinski definition) is 2. The van der Waals surface area contributed by atoms with E-state index in [9.17, 15) is 4.79 Å². The Balaban J connectivity index is 0.00000180. The fourth-order valence-corrected chi connectivity index (χ4v) is 1.82. The monoisotopic (exact) mass is 276 g/mol. The van der Waals surface area contributed by atoms with Crippen LogP contribution in [0.4, 0.5) is 0 Å². The van der Waals surface area contributed by atoms with Crippen LogP contribution in [0.1, 0.15) is 5.56 Å². The summed E-state index contributed by atoms with van der Waals surface area (Å²) in [7, 11) is 0. The molecule has 2 rings (SSSR count). The standard InChI is InChI=1S/C15H16N2O.ClH/c16-14(15(17)18)10-11-6-8-13(9-7-11)12-4-2-1-3-5-12;/h1-9,14H,10,16H2,(H2,17,18);1H. The second-order valence-electron chi connectivity index (χ2n) is 4.28. The van der Waals surface area contributed by atoms with Crippen LogP contribution in [0.3, 0.4) is 0 Å². The summed E-state index contributed by atoms with van der Waals surface area (Å²) >= 11 is 0. The van der Waals surface area contributed by atoms with E-state index >= 15 is 0 Å². The number of primary amides is 1. The highest BCUT2D eigenvalue weighted by atomic mass is 35.5. The van der Waals surface area contributed by atoms with E-state index in [-0.39, 0.29) is 12.4 Å². The van der Waals surface area contributed by atoms with E-state index < -0.39 is 11.9 Å². The molecule has 100 valence electrons. The number of amides is 1. The Labute approximate surface area is 119 Å². The molecular weight excluding hydrogens is 260 g/mol. The first-order valence-electron chi connectivity index (χ1n) is 5.86. The van der Waals surface area contributed by atoms with Gasteiger partial charge in [0.2, 0.25) is 5.91 Å². The lowest BCUT2D eigenvalue weighted by Gasteiger charge is -2.08. The molecule has 4 heteroatoms. The van der Waals surface area contributed by atoms with Crippen molar-refractivity contribution in [1.82, 2.24) is 0 Å². The highest BCUT2D eigenvalue weighted by Gasteiger charge is 2.09. The molecule has 19 heavy (non-hydrogen) atoms. The van der Waals surface area contributed by atoms with Gasteiger partial charge in [-0.3, -0.25) is 4.79 Å². The van der Waals surface area contributed by atoms with Crippen LogP contribution in [0, 0.1) is 0 Å². The number of hydrogen-bond acceptors (Lipinski definition) is 2. The van der Waals surface area contributed by atoms with E-state index in [4.69, 9.17) is 11.5 Å². The van der Waals surface area contributed by atoms with Gasteiger partial charge in [-0.05, 0) is 23.1 Å². The number of benzene rings is 2. The number of halogens is 1. The summed E-state index contributed by atoms with van der Waals surface area (Å²) in [6.45, 7) is 0. The van der Waals surface area contributed by atoms with Crippen LogP contribution in [0.2, 0.25) is 0 Å². The molecule has 0 fully saturated rings. The first-order chi connectivity index (χ1) is 8.66. The van der Waals surface area contributed by atoms with Gasteiger partial charge < -0.3 is 11.5 Å². The molecule has 0 aliphatic rings. The Hall–Kier alpha value is -1.84. The number of nitrogens with two attached hydrogens (primary N) is 2. The van der Waals surface area contributed by atoms with Crippen LogP contribution in [-0.4, -0.2) is 11.9 Å². The van der Waals surface area contributed by atoms with Crippen molar-refractivity contribution in [2.75, 3.05) is 0 Å². The predicted octanol–water partition coefficient (Wildman–Crippen LogP) is 2.13. The van der Waals surface area contributed by atoms with Crippen molar-refractivity contribution in [3.63, 3.8) is 0 Å². The average Bonchev–Trinajstić information content (AvgIpc) is 2.40. The zero-order valence-corrected chi connectivity index (χ0v) is 11.3. The van der Waals surface area contributed by atoms with E-state index in [1.54, 1.807) is 0 Å². The van der Waals surface area contributed by atoms with Gasteiger partial charge in [-0.2, -0.15) is 0 Å². The fourth-order valence-electron chi connectivity index (χ4n) is 1.82. The van der Waals surface area contributed by atoms with Crippen LogP contribution < -0.4 is 11.5 Å². The zero-order valence-electron chi connectivity index (χ0n) is 10.5. The fraction of sp³-hybridized carbons (Fsp3) is 0.133. The Morgan fingerprint density at radius 3 is 2.00 bits per heavy atom.